The molecule has 1 aromatic heterocycles. The highest BCUT2D eigenvalue weighted by molar-refractivity contribution is 6.05. The summed E-state index contributed by atoms with van der Waals surface area (Å²) in [6, 6.07) is 20.3. The molecule has 6 rings (SSSR count). The van der Waals surface area contributed by atoms with E-state index in [4.69, 9.17) is 14.2 Å². The lowest BCUT2D eigenvalue weighted by molar-refractivity contribution is -0.119. The second kappa shape index (κ2) is 9.87. The standard InChI is InChI=1S/C30H29N3O5/c1-32-18-23(20-7-5-6-10-24(20)32)28-27(21-8-3-4-9-22(21)30(35)33(28)13-14-36-2)29(34)31-19-11-12-25-26(17-19)38-16-15-37-25/h3-12,17-18,27-28H,13-16H2,1-2H3,(H,31,34). The molecule has 2 atom stereocenters. The minimum atomic E-state index is -0.653. The van der Waals surface area contributed by atoms with Gasteiger partial charge in [0, 0.05) is 60.7 Å². The summed E-state index contributed by atoms with van der Waals surface area (Å²) >= 11 is 0. The molecule has 0 radical (unpaired) electrons. The Balaban J connectivity index is 1.48. The number of hydrogen-bond donors (Lipinski definition) is 1. The normalized spacial score (nSPS) is 18.4. The van der Waals surface area contributed by atoms with Gasteiger partial charge in [-0.25, -0.2) is 0 Å². The highest BCUT2D eigenvalue weighted by atomic mass is 16.6. The third-order valence-corrected chi connectivity index (χ3v) is 7.31. The molecule has 8 heteroatoms. The number of methoxy groups -OCH3 is 1. The van der Waals surface area contributed by atoms with Crippen molar-refractivity contribution in [1.82, 2.24) is 9.47 Å². The number of aromatic nitrogens is 1. The highest BCUT2D eigenvalue weighted by Crippen LogP contribution is 2.45. The molecule has 0 spiro atoms. The van der Waals surface area contributed by atoms with Crippen molar-refractivity contribution >= 4 is 28.4 Å². The number of aryl methyl sites for hydroxylation is 1. The Hall–Kier alpha value is -4.30. The maximum atomic E-state index is 14.2. The summed E-state index contributed by atoms with van der Waals surface area (Å²) in [7, 11) is 3.59. The fourth-order valence-corrected chi connectivity index (χ4v) is 5.61. The van der Waals surface area contributed by atoms with E-state index in [9.17, 15) is 9.59 Å². The molecule has 0 aliphatic carbocycles. The van der Waals surface area contributed by atoms with Crippen LogP contribution in [0.3, 0.4) is 0 Å². The Morgan fingerprint density at radius 1 is 1.00 bits per heavy atom. The van der Waals surface area contributed by atoms with Crippen LogP contribution in [0.25, 0.3) is 10.9 Å². The predicted molar refractivity (Wildman–Crippen MR) is 144 cm³/mol. The maximum absolute atomic E-state index is 14.2. The van der Waals surface area contributed by atoms with Crippen molar-refractivity contribution in [2.24, 2.45) is 7.05 Å². The summed E-state index contributed by atoms with van der Waals surface area (Å²) in [6.45, 7) is 1.66. The fourth-order valence-electron chi connectivity index (χ4n) is 5.61. The lowest BCUT2D eigenvalue weighted by Gasteiger charge is -2.41. The molecule has 0 saturated carbocycles. The van der Waals surface area contributed by atoms with Gasteiger partial charge in [0.1, 0.15) is 13.2 Å². The number of amides is 2. The van der Waals surface area contributed by atoms with Gasteiger partial charge < -0.3 is 29.0 Å². The molecule has 8 nitrogen and oxygen atoms in total. The first-order valence-corrected chi connectivity index (χ1v) is 12.7. The van der Waals surface area contributed by atoms with E-state index in [1.54, 1.807) is 36.3 Å². The second-order valence-electron chi connectivity index (χ2n) is 9.56. The third-order valence-electron chi connectivity index (χ3n) is 7.31. The van der Waals surface area contributed by atoms with Crippen molar-refractivity contribution in [2.75, 3.05) is 38.8 Å². The average Bonchev–Trinajstić information content (AvgIpc) is 3.28. The summed E-state index contributed by atoms with van der Waals surface area (Å²) in [6.07, 6.45) is 2.03. The Morgan fingerprint density at radius 2 is 1.76 bits per heavy atom. The minimum Gasteiger partial charge on any atom is -0.486 e. The van der Waals surface area contributed by atoms with E-state index in [2.05, 4.69) is 5.32 Å². The van der Waals surface area contributed by atoms with Gasteiger partial charge in [-0.3, -0.25) is 9.59 Å². The quantitative estimate of drug-likeness (QED) is 0.412. The Bertz CT molecular complexity index is 1530. The molecular formula is C30H29N3O5. The zero-order valence-corrected chi connectivity index (χ0v) is 21.3. The van der Waals surface area contributed by atoms with Crippen LogP contribution in [0.1, 0.15) is 33.4 Å². The molecule has 0 fully saturated rings. The number of carbonyl (C=O) groups excluding carboxylic acids is 2. The first-order chi connectivity index (χ1) is 18.6. The van der Waals surface area contributed by atoms with Gasteiger partial charge in [0.15, 0.2) is 11.5 Å². The van der Waals surface area contributed by atoms with E-state index >= 15 is 0 Å². The highest BCUT2D eigenvalue weighted by Gasteiger charge is 2.45. The van der Waals surface area contributed by atoms with Crippen LogP contribution in [-0.4, -0.2) is 54.8 Å². The van der Waals surface area contributed by atoms with Crippen molar-refractivity contribution < 1.29 is 23.8 Å². The summed E-state index contributed by atoms with van der Waals surface area (Å²) in [4.78, 5) is 29.8. The number of fused-ring (bicyclic) bond motifs is 3. The lowest BCUT2D eigenvalue weighted by atomic mass is 9.79. The molecule has 194 valence electrons. The first kappa shape index (κ1) is 24.1. The molecule has 2 aliphatic rings. The number of para-hydroxylation sites is 1. The fraction of sp³-hybridized carbons (Fsp3) is 0.267. The van der Waals surface area contributed by atoms with Crippen molar-refractivity contribution in [3.63, 3.8) is 0 Å². The lowest BCUT2D eigenvalue weighted by Crippen LogP contribution is -2.47. The van der Waals surface area contributed by atoms with Crippen LogP contribution in [0.4, 0.5) is 5.69 Å². The van der Waals surface area contributed by atoms with E-state index in [0.29, 0.717) is 54.7 Å². The average molecular weight is 512 g/mol. The topological polar surface area (TPSA) is 82.0 Å². The van der Waals surface area contributed by atoms with Crippen molar-refractivity contribution in [3.05, 3.63) is 89.6 Å². The van der Waals surface area contributed by atoms with Crippen LogP contribution < -0.4 is 14.8 Å². The van der Waals surface area contributed by atoms with Crippen molar-refractivity contribution in [3.8, 4) is 11.5 Å². The van der Waals surface area contributed by atoms with Crippen molar-refractivity contribution in [1.29, 1.82) is 0 Å². The van der Waals surface area contributed by atoms with Gasteiger partial charge in [-0.15, -0.1) is 0 Å². The van der Waals surface area contributed by atoms with Gasteiger partial charge in [-0.2, -0.15) is 0 Å². The third kappa shape index (κ3) is 4.07. The van der Waals surface area contributed by atoms with Crippen LogP contribution in [0.15, 0.2) is 72.9 Å². The number of hydrogen-bond acceptors (Lipinski definition) is 5. The SMILES string of the molecule is COCCN1C(=O)c2ccccc2C(C(=O)Nc2ccc3c(c2)OCCO3)C1c1cn(C)c2ccccc12. The summed E-state index contributed by atoms with van der Waals surface area (Å²) in [5, 5.41) is 4.10. The van der Waals surface area contributed by atoms with E-state index < -0.39 is 12.0 Å². The predicted octanol–water partition coefficient (Wildman–Crippen LogP) is 4.52. The number of benzene rings is 3. The van der Waals surface area contributed by atoms with E-state index in [-0.39, 0.29) is 11.8 Å². The maximum Gasteiger partial charge on any atom is 0.254 e. The molecule has 0 bridgehead atoms. The number of ether oxygens (including phenoxy) is 3. The molecule has 3 heterocycles. The van der Waals surface area contributed by atoms with Crippen LogP contribution in [0, 0.1) is 0 Å². The zero-order valence-electron chi connectivity index (χ0n) is 21.3. The Morgan fingerprint density at radius 3 is 2.61 bits per heavy atom. The van der Waals surface area contributed by atoms with E-state index in [1.807, 2.05) is 60.3 Å². The van der Waals surface area contributed by atoms with Gasteiger partial charge in [-0.1, -0.05) is 36.4 Å². The molecule has 1 N–H and O–H groups in total. The molecule has 2 unspecified atom stereocenters. The molecule has 2 amide bonds. The number of nitrogens with one attached hydrogen (secondary N) is 1. The number of carbonyl (C=O) groups is 2. The van der Waals surface area contributed by atoms with Gasteiger partial charge >= 0.3 is 0 Å². The summed E-state index contributed by atoms with van der Waals surface area (Å²) < 4.78 is 18.8. The van der Waals surface area contributed by atoms with Crippen LogP contribution in [0.2, 0.25) is 0 Å². The summed E-state index contributed by atoms with van der Waals surface area (Å²) in [5.41, 5.74) is 3.80. The van der Waals surface area contributed by atoms with E-state index in [0.717, 1.165) is 16.5 Å². The van der Waals surface area contributed by atoms with Crippen LogP contribution in [-0.2, 0) is 16.6 Å². The van der Waals surface area contributed by atoms with Crippen LogP contribution >= 0.6 is 0 Å². The molecule has 3 aromatic carbocycles. The number of nitrogens with zero attached hydrogens (tertiary/aromatic N) is 2. The number of rotatable bonds is 6. The molecular weight excluding hydrogens is 482 g/mol. The molecule has 38 heavy (non-hydrogen) atoms. The first-order valence-electron chi connectivity index (χ1n) is 12.7. The van der Waals surface area contributed by atoms with Gasteiger partial charge in [0.05, 0.1) is 18.6 Å². The molecule has 2 aliphatic heterocycles. The van der Waals surface area contributed by atoms with Gasteiger partial charge in [-0.05, 0) is 29.8 Å². The number of anilines is 1. The van der Waals surface area contributed by atoms with Crippen LogP contribution in [0.5, 0.6) is 11.5 Å². The largest absolute Gasteiger partial charge is 0.486 e. The smallest absolute Gasteiger partial charge is 0.254 e. The molecule has 0 saturated heterocycles. The zero-order chi connectivity index (χ0) is 26.2. The van der Waals surface area contributed by atoms with Gasteiger partial charge in [0.25, 0.3) is 5.91 Å². The Kier molecular flexibility index (Phi) is 6.25. The summed E-state index contributed by atoms with van der Waals surface area (Å²) in [5.74, 6) is 0.281. The van der Waals surface area contributed by atoms with Crippen molar-refractivity contribution in [2.45, 2.75) is 12.0 Å². The van der Waals surface area contributed by atoms with Gasteiger partial charge in [0.2, 0.25) is 5.91 Å². The monoisotopic (exact) mass is 511 g/mol. The molecule has 4 aromatic rings. The minimum absolute atomic E-state index is 0.112. The van der Waals surface area contributed by atoms with E-state index in [1.165, 1.54) is 0 Å². The second-order valence-corrected chi connectivity index (χ2v) is 9.56. The Labute approximate surface area is 220 Å².